The molecule has 0 aromatic heterocycles. The number of hydrogen-bond acceptors (Lipinski definition) is 6. The molecule has 0 aliphatic heterocycles. The van der Waals surface area contributed by atoms with Crippen molar-refractivity contribution in [2.75, 3.05) is 20.4 Å². The summed E-state index contributed by atoms with van der Waals surface area (Å²) in [5.41, 5.74) is 0. The number of aldehydes is 1. The zero-order valence-electron chi connectivity index (χ0n) is 8.92. The molecule has 98 valence electrons. The minimum atomic E-state index is -3.64. The maximum absolute atomic E-state index is 10.1. The molecule has 0 radical (unpaired) electrons. The van der Waals surface area contributed by atoms with Crippen molar-refractivity contribution in [2.24, 2.45) is 0 Å². The van der Waals surface area contributed by atoms with Crippen LogP contribution in [0.5, 0.6) is 0 Å². The molecule has 0 bridgehead atoms. The van der Waals surface area contributed by atoms with Crippen LogP contribution in [0.2, 0.25) is 0 Å². The van der Waals surface area contributed by atoms with Gasteiger partial charge < -0.3 is 34.6 Å². The van der Waals surface area contributed by atoms with Gasteiger partial charge in [-0.25, -0.2) is 0 Å². The molecule has 0 amide bonds. The zero-order valence-corrected chi connectivity index (χ0v) is 9.82. The summed E-state index contributed by atoms with van der Waals surface area (Å²) >= 11 is 0. The first-order chi connectivity index (χ1) is 7.17. The lowest BCUT2D eigenvalue weighted by molar-refractivity contribution is -0.131. The number of rotatable bonds is 5. The molecule has 0 aromatic rings. The lowest BCUT2D eigenvalue weighted by Crippen LogP contribution is -2.41. The van der Waals surface area contributed by atoms with E-state index in [1.54, 1.807) is 0 Å². The second-order valence-electron chi connectivity index (χ2n) is 2.91. The molecule has 0 spiro atoms. The molecular formula is C7H17O8P. The fourth-order valence-corrected chi connectivity index (χ4v) is 0.602. The number of ether oxygens (including phenoxy) is 1. The van der Waals surface area contributed by atoms with Gasteiger partial charge in [0.15, 0.2) is 6.29 Å². The Balaban J connectivity index is 0. The van der Waals surface area contributed by atoms with E-state index in [4.69, 9.17) is 25.1 Å². The van der Waals surface area contributed by atoms with E-state index < -0.39 is 32.5 Å². The van der Waals surface area contributed by atoms with E-state index in [1.165, 1.54) is 7.11 Å². The summed E-state index contributed by atoms with van der Waals surface area (Å²) < 4.78 is 13.8. The molecule has 0 fully saturated rings. The van der Waals surface area contributed by atoms with Gasteiger partial charge in [-0.05, 0) is 0 Å². The number of carbonyl (C=O) groups excluding carboxylic acids is 1. The average molecular weight is 260 g/mol. The number of hydrogen-bond donors (Lipinski definition) is 5. The molecule has 8 nitrogen and oxygen atoms in total. The first-order valence-corrected chi connectivity index (χ1v) is 6.21. The summed E-state index contributed by atoms with van der Waals surface area (Å²) in [7, 11) is -2.41. The molecule has 3 unspecified atom stereocenters. The van der Waals surface area contributed by atoms with E-state index in [2.05, 4.69) is 4.74 Å². The normalized spacial score (nSPS) is 16.7. The lowest BCUT2D eigenvalue weighted by Gasteiger charge is -2.19. The first-order valence-electron chi connectivity index (χ1n) is 4.15. The second-order valence-corrected chi connectivity index (χ2v) is 4.58. The van der Waals surface area contributed by atoms with Gasteiger partial charge in [0.2, 0.25) is 0 Å². The van der Waals surface area contributed by atoms with Crippen LogP contribution in [-0.4, -0.2) is 70.1 Å². The zero-order chi connectivity index (χ0) is 13.4. The Morgan fingerprint density at radius 2 is 1.75 bits per heavy atom. The highest BCUT2D eigenvalue weighted by Crippen LogP contribution is 2.26. The van der Waals surface area contributed by atoms with Gasteiger partial charge in [0.05, 0.1) is 6.61 Å². The van der Waals surface area contributed by atoms with Gasteiger partial charge in [-0.2, -0.15) is 0 Å². The van der Waals surface area contributed by atoms with E-state index in [0.717, 1.165) is 6.66 Å². The van der Waals surface area contributed by atoms with Crippen LogP contribution >= 0.6 is 7.60 Å². The molecule has 0 saturated carbocycles. The van der Waals surface area contributed by atoms with Gasteiger partial charge in [0.25, 0.3) is 0 Å². The van der Waals surface area contributed by atoms with Crippen molar-refractivity contribution in [2.45, 2.75) is 18.3 Å². The van der Waals surface area contributed by atoms with Crippen LogP contribution in [0.3, 0.4) is 0 Å². The van der Waals surface area contributed by atoms with Gasteiger partial charge in [-0.15, -0.1) is 0 Å². The Hall–Kier alpha value is -0.340. The third-order valence-electron chi connectivity index (χ3n) is 1.32. The Morgan fingerprint density at radius 1 is 1.38 bits per heavy atom. The molecule has 0 aliphatic carbocycles. The van der Waals surface area contributed by atoms with Gasteiger partial charge >= 0.3 is 7.60 Å². The molecule has 5 N–H and O–H groups in total. The molecule has 16 heavy (non-hydrogen) atoms. The van der Waals surface area contributed by atoms with E-state index in [0.29, 0.717) is 6.29 Å². The first kappa shape index (κ1) is 18.0. The van der Waals surface area contributed by atoms with Crippen molar-refractivity contribution in [3.8, 4) is 0 Å². The molecule has 0 aliphatic rings. The van der Waals surface area contributed by atoms with Gasteiger partial charge in [0, 0.05) is 13.8 Å². The third kappa shape index (κ3) is 11.7. The summed E-state index contributed by atoms with van der Waals surface area (Å²) in [5, 5.41) is 26.2. The van der Waals surface area contributed by atoms with Crippen LogP contribution in [0, 0.1) is 0 Å². The van der Waals surface area contributed by atoms with Crippen LogP contribution in [0.4, 0.5) is 0 Å². The highest BCUT2D eigenvalue weighted by molar-refractivity contribution is 7.50. The Morgan fingerprint density at radius 3 is 1.94 bits per heavy atom. The predicted molar refractivity (Wildman–Crippen MR) is 53.9 cm³/mol. The summed E-state index contributed by atoms with van der Waals surface area (Å²) in [6.07, 6.45) is -3.44. The van der Waals surface area contributed by atoms with Crippen LogP contribution in [0.15, 0.2) is 0 Å². The van der Waals surface area contributed by atoms with Gasteiger partial charge in [-0.3, -0.25) is 4.57 Å². The minimum Gasteiger partial charge on any atom is -0.394 e. The van der Waals surface area contributed by atoms with Crippen molar-refractivity contribution >= 4 is 13.9 Å². The second kappa shape index (κ2) is 8.77. The molecular weight excluding hydrogens is 243 g/mol. The van der Waals surface area contributed by atoms with Crippen LogP contribution in [-0.2, 0) is 14.1 Å². The largest absolute Gasteiger partial charge is 0.394 e. The number of methoxy groups -OCH3 is 1. The van der Waals surface area contributed by atoms with E-state index in [1.807, 2.05) is 0 Å². The smallest absolute Gasteiger partial charge is 0.322 e. The van der Waals surface area contributed by atoms with Gasteiger partial charge in [0.1, 0.15) is 18.3 Å². The Bertz CT molecular complexity index is 218. The van der Waals surface area contributed by atoms with Crippen LogP contribution in [0.25, 0.3) is 0 Å². The summed E-state index contributed by atoms with van der Waals surface area (Å²) in [4.78, 5) is 25.4. The van der Waals surface area contributed by atoms with Crippen LogP contribution in [0.1, 0.15) is 0 Å². The molecule has 0 aromatic carbocycles. The summed E-state index contributed by atoms with van der Waals surface area (Å²) in [5.74, 6) is 0. The number of aliphatic hydroxyl groups excluding tert-OH is 3. The highest BCUT2D eigenvalue weighted by atomic mass is 31.2. The van der Waals surface area contributed by atoms with E-state index >= 15 is 0 Å². The van der Waals surface area contributed by atoms with Crippen molar-refractivity contribution in [1.29, 1.82) is 0 Å². The quantitative estimate of drug-likeness (QED) is 0.274. The maximum Gasteiger partial charge on any atom is 0.322 e. The topological polar surface area (TPSA) is 145 Å². The number of carbonyl (C=O) groups is 1. The average Bonchev–Trinajstić information content (AvgIpc) is 2.15. The van der Waals surface area contributed by atoms with Gasteiger partial charge in [-0.1, -0.05) is 0 Å². The SMILES string of the molecule is COC(C=O)C(O)C(O)CO.CP(=O)(O)O. The van der Waals surface area contributed by atoms with E-state index in [9.17, 15) is 9.36 Å². The molecule has 0 rings (SSSR count). The fourth-order valence-electron chi connectivity index (χ4n) is 0.602. The van der Waals surface area contributed by atoms with Crippen molar-refractivity contribution < 1.29 is 39.2 Å². The summed E-state index contributed by atoms with van der Waals surface area (Å²) in [6, 6.07) is 0. The molecule has 3 atom stereocenters. The molecule has 9 heteroatoms. The third-order valence-corrected chi connectivity index (χ3v) is 1.32. The molecule has 0 saturated heterocycles. The maximum atomic E-state index is 10.1. The Kier molecular flexibility index (Phi) is 9.89. The fraction of sp³-hybridized carbons (Fsp3) is 0.857. The van der Waals surface area contributed by atoms with Crippen LogP contribution < -0.4 is 0 Å². The minimum absolute atomic E-state index is 0.365. The summed E-state index contributed by atoms with van der Waals surface area (Å²) in [6.45, 7) is 0.252. The molecule has 0 heterocycles. The van der Waals surface area contributed by atoms with Crippen molar-refractivity contribution in [3.63, 3.8) is 0 Å². The standard InChI is InChI=1S/C6H12O5.CH5O3P/c1-11-5(3-8)6(10)4(9)2-7;1-5(2,3)4/h3-7,9-10H,2H2,1H3;1H3,(H2,2,3,4). The highest BCUT2D eigenvalue weighted by Gasteiger charge is 2.24. The monoisotopic (exact) mass is 260 g/mol. The van der Waals surface area contributed by atoms with Crippen molar-refractivity contribution in [1.82, 2.24) is 0 Å². The predicted octanol–water partition coefficient (Wildman–Crippen LogP) is -2.29. The van der Waals surface area contributed by atoms with E-state index in [-0.39, 0.29) is 0 Å². The number of aliphatic hydroxyl groups is 3. The van der Waals surface area contributed by atoms with Crippen molar-refractivity contribution in [3.05, 3.63) is 0 Å². The lowest BCUT2D eigenvalue weighted by atomic mass is 10.1. The Labute approximate surface area is 92.6 Å².